The zero-order chi connectivity index (χ0) is 19.7. The van der Waals surface area contributed by atoms with Crippen LogP contribution in [-0.2, 0) is 9.53 Å². The maximum atomic E-state index is 12.9. The van der Waals surface area contributed by atoms with Crippen molar-refractivity contribution in [3.05, 3.63) is 60.3 Å². The first-order chi connectivity index (χ1) is 13.5. The van der Waals surface area contributed by atoms with Gasteiger partial charge < -0.3 is 20.1 Å². The predicted molar refractivity (Wildman–Crippen MR) is 99.0 cm³/mol. The van der Waals surface area contributed by atoms with Crippen molar-refractivity contribution < 1.29 is 24.2 Å². The molecule has 1 aliphatic rings. The van der Waals surface area contributed by atoms with Gasteiger partial charge in [-0.15, -0.1) is 0 Å². The van der Waals surface area contributed by atoms with Gasteiger partial charge in [0.1, 0.15) is 6.04 Å². The Bertz CT molecular complexity index is 1050. The number of benzene rings is 2. The summed E-state index contributed by atoms with van der Waals surface area (Å²) in [7, 11) is 0. The number of nitrogens with one attached hydrogen (secondary N) is 2. The van der Waals surface area contributed by atoms with Crippen LogP contribution in [0.5, 0.6) is 0 Å². The van der Waals surface area contributed by atoms with Crippen LogP contribution in [0.4, 0.5) is 10.5 Å². The first kappa shape index (κ1) is 17.5. The summed E-state index contributed by atoms with van der Waals surface area (Å²) in [6.07, 6.45) is -2.56. The summed E-state index contributed by atoms with van der Waals surface area (Å²) >= 11 is 0. The number of carbonyl (C=O) groups excluding carboxylic acids is 2. The molecule has 0 bridgehead atoms. The Hall–Kier alpha value is -3.88. The van der Waals surface area contributed by atoms with E-state index in [9.17, 15) is 14.4 Å². The van der Waals surface area contributed by atoms with Crippen LogP contribution in [0.15, 0.2) is 54.6 Å². The van der Waals surface area contributed by atoms with Gasteiger partial charge in [-0.2, -0.15) is 5.10 Å². The van der Waals surface area contributed by atoms with E-state index in [1.54, 1.807) is 54.6 Å². The largest absolute Gasteiger partial charge is 0.506 e. The van der Waals surface area contributed by atoms with Crippen LogP contribution in [0.2, 0.25) is 0 Å². The molecule has 1 saturated heterocycles. The van der Waals surface area contributed by atoms with Crippen LogP contribution in [-0.4, -0.2) is 52.0 Å². The Balaban J connectivity index is 1.61. The molecule has 0 aliphatic carbocycles. The van der Waals surface area contributed by atoms with Gasteiger partial charge in [-0.1, -0.05) is 36.4 Å². The van der Waals surface area contributed by atoms with Crippen molar-refractivity contribution in [2.45, 2.75) is 12.1 Å². The number of aromatic nitrogens is 2. The van der Waals surface area contributed by atoms with E-state index in [2.05, 4.69) is 15.5 Å². The second-order valence-corrected chi connectivity index (χ2v) is 6.28. The quantitative estimate of drug-likeness (QED) is 0.593. The van der Waals surface area contributed by atoms with Crippen LogP contribution in [0, 0.1) is 0 Å². The molecule has 2 heterocycles. The Labute approximate surface area is 158 Å². The molecule has 3 aromatic rings. The molecular formula is C19H16N4O5. The lowest BCUT2D eigenvalue weighted by atomic mass is 10.1. The minimum atomic E-state index is -1.52. The SMILES string of the molecule is O=C(O)O[C@H]1CN(c2ccccc2)C(=O)[C@H]1NC(=O)c1n[nH]c2ccccc12. The number of fused-ring (bicyclic) bond motifs is 1. The highest BCUT2D eigenvalue weighted by Gasteiger charge is 2.45. The van der Waals surface area contributed by atoms with Crippen molar-refractivity contribution in [2.75, 3.05) is 11.4 Å². The molecule has 4 rings (SSSR count). The topological polar surface area (TPSA) is 125 Å². The Morgan fingerprint density at radius 3 is 2.61 bits per heavy atom. The van der Waals surface area contributed by atoms with Crippen molar-refractivity contribution in [1.82, 2.24) is 15.5 Å². The maximum absolute atomic E-state index is 12.9. The number of anilines is 1. The molecule has 9 nitrogen and oxygen atoms in total. The lowest BCUT2D eigenvalue weighted by molar-refractivity contribution is -0.119. The lowest BCUT2D eigenvalue weighted by Gasteiger charge is -2.16. The molecule has 3 N–H and O–H groups in total. The molecule has 1 aliphatic heterocycles. The average molecular weight is 380 g/mol. The highest BCUT2D eigenvalue weighted by molar-refractivity contribution is 6.08. The van der Waals surface area contributed by atoms with Gasteiger partial charge in [0.25, 0.3) is 11.8 Å². The minimum absolute atomic E-state index is 0.00140. The zero-order valence-electron chi connectivity index (χ0n) is 14.5. The number of ether oxygens (including phenoxy) is 1. The number of rotatable bonds is 4. The molecule has 28 heavy (non-hydrogen) atoms. The van der Waals surface area contributed by atoms with Crippen LogP contribution in [0.1, 0.15) is 10.5 Å². The smallest absolute Gasteiger partial charge is 0.450 e. The van der Waals surface area contributed by atoms with E-state index in [-0.39, 0.29) is 12.2 Å². The number of carbonyl (C=O) groups is 3. The fourth-order valence-corrected chi connectivity index (χ4v) is 3.28. The monoisotopic (exact) mass is 380 g/mol. The molecule has 142 valence electrons. The molecule has 1 aromatic heterocycles. The fraction of sp³-hybridized carbons (Fsp3) is 0.158. The molecule has 0 unspecified atom stereocenters. The van der Waals surface area contributed by atoms with E-state index in [1.165, 1.54) is 4.90 Å². The van der Waals surface area contributed by atoms with Gasteiger partial charge >= 0.3 is 6.16 Å². The number of H-pyrrole nitrogens is 1. The van der Waals surface area contributed by atoms with E-state index in [0.29, 0.717) is 16.6 Å². The van der Waals surface area contributed by atoms with Gasteiger partial charge in [-0.25, -0.2) is 4.79 Å². The third kappa shape index (κ3) is 3.13. The summed E-state index contributed by atoms with van der Waals surface area (Å²) in [5.41, 5.74) is 1.39. The van der Waals surface area contributed by atoms with Gasteiger partial charge in [0.15, 0.2) is 11.8 Å². The second-order valence-electron chi connectivity index (χ2n) is 6.28. The van der Waals surface area contributed by atoms with Gasteiger partial charge in [0.2, 0.25) is 0 Å². The Morgan fingerprint density at radius 2 is 1.86 bits per heavy atom. The molecule has 0 spiro atoms. The van der Waals surface area contributed by atoms with Crippen LogP contribution >= 0.6 is 0 Å². The summed E-state index contributed by atoms with van der Waals surface area (Å²) in [4.78, 5) is 38.1. The molecule has 2 aromatic carbocycles. The number of hydrogen-bond donors (Lipinski definition) is 3. The van der Waals surface area contributed by atoms with E-state index in [4.69, 9.17) is 9.84 Å². The molecular weight excluding hydrogens is 364 g/mol. The first-order valence-corrected chi connectivity index (χ1v) is 8.54. The van der Waals surface area contributed by atoms with E-state index in [1.807, 2.05) is 0 Å². The first-order valence-electron chi connectivity index (χ1n) is 8.54. The number of para-hydroxylation sites is 2. The summed E-state index contributed by atoms with van der Waals surface area (Å²) in [6.45, 7) is 0.00140. The van der Waals surface area contributed by atoms with E-state index < -0.39 is 30.1 Å². The Morgan fingerprint density at radius 1 is 1.14 bits per heavy atom. The standard InChI is InChI=1S/C19H16N4O5/c24-17(15-12-8-4-5-9-13(12)21-22-15)20-16-14(28-19(26)27)10-23(18(16)25)11-6-2-1-3-7-11/h1-9,14,16H,10H2,(H,20,24)(H,21,22)(H,26,27)/t14-,16-/m0/s1. The number of aromatic amines is 1. The van der Waals surface area contributed by atoms with Gasteiger partial charge in [0, 0.05) is 11.1 Å². The second kappa shape index (κ2) is 7.03. The van der Waals surface area contributed by atoms with Gasteiger partial charge in [-0.05, 0) is 18.2 Å². The summed E-state index contributed by atoms with van der Waals surface area (Å²) in [6, 6.07) is 14.7. The summed E-state index contributed by atoms with van der Waals surface area (Å²) in [5, 5.41) is 18.9. The summed E-state index contributed by atoms with van der Waals surface area (Å²) < 4.78 is 4.86. The fourth-order valence-electron chi connectivity index (χ4n) is 3.28. The highest BCUT2D eigenvalue weighted by atomic mass is 16.7. The van der Waals surface area contributed by atoms with Crippen molar-refractivity contribution in [2.24, 2.45) is 0 Å². The highest BCUT2D eigenvalue weighted by Crippen LogP contribution is 2.24. The minimum Gasteiger partial charge on any atom is -0.450 e. The van der Waals surface area contributed by atoms with Gasteiger partial charge in [0.05, 0.1) is 12.1 Å². The third-order valence-electron chi connectivity index (χ3n) is 4.56. The molecule has 1 fully saturated rings. The van der Waals surface area contributed by atoms with Crippen LogP contribution < -0.4 is 10.2 Å². The number of nitrogens with zero attached hydrogens (tertiary/aromatic N) is 2. The lowest BCUT2D eigenvalue weighted by Crippen LogP contribution is -2.47. The number of carboxylic acid groups (broad SMARTS) is 1. The average Bonchev–Trinajstić information content (AvgIpc) is 3.25. The summed E-state index contributed by atoms with van der Waals surface area (Å²) in [5.74, 6) is -1.05. The molecule has 0 radical (unpaired) electrons. The zero-order valence-corrected chi connectivity index (χ0v) is 14.5. The van der Waals surface area contributed by atoms with Crippen LogP contribution in [0.25, 0.3) is 10.9 Å². The van der Waals surface area contributed by atoms with E-state index in [0.717, 1.165) is 0 Å². The Kier molecular flexibility index (Phi) is 4.40. The molecule has 9 heteroatoms. The number of amides is 2. The molecule has 2 atom stereocenters. The number of hydrogen-bond acceptors (Lipinski definition) is 5. The van der Waals surface area contributed by atoms with Crippen molar-refractivity contribution in [1.29, 1.82) is 0 Å². The van der Waals surface area contributed by atoms with Gasteiger partial charge in [-0.3, -0.25) is 14.7 Å². The van der Waals surface area contributed by atoms with Crippen molar-refractivity contribution >= 4 is 34.6 Å². The third-order valence-corrected chi connectivity index (χ3v) is 4.56. The molecule has 2 amide bonds. The van der Waals surface area contributed by atoms with Crippen molar-refractivity contribution in [3.8, 4) is 0 Å². The van der Waals surface area contributed by atoms with Crippen LogP contribution in [0.3, 0.4) is 0 Å². The van der Waals surface area contributed by atoms with Crippen molar-refractivity contribution in [3.63, 3.8) is 0 Å². The normalized spacial score (nSPS) is 19.0. The maximum Gasteiger partial charge on any atom is 0.506 e. The molecule has 0 saturated carbocycles. The van der Waals surface area contributed by atoms with E-state index >= 15 is 0 Å². The predicted octanol–water partition coefficient (Wildman–Crippen LogP) is 1.77.